The molecule has 134 valence electrons. The molecule has 0 N–H and O–H groups in total. The zero-order valence-corrected chi connectivity index (χ0v) is 16.4. The van der Waals surface area contributed by atoms with Gasteiger partial charge in [0.05, 0.1) is 10.2 Å². The first-order valence-corrected chi connectivity index (χ1v) is 10.7. The lowest BCUT2D eigenvalue weighted by Crippen LogP contribution is -2.50. The number of carbonyl (C=O) groups excluding carboxylic acids is 1. The maximum atomic E-state index is 13.2. The van der Waals surface area contributed by atoms with Crippen LogP contribution in [0.2, 0.25) is 0 Å². The van der Waals surface area contributed by atoms with Crippen LogP contribution >= 0.6 is 27.3 Å². The van der Waals surface area contributed by atoms with Crippen molar-refractivity contribution in [3.05, 3.63) is 51.6 Å². The molecule has 3 rings (SSSR count). The molecule has 0 spiro atoms. The highest BCUT2D eigenvalue weighted by atomic mass is 79.9. The number of halogens is 2. The highest BCUT2D eigenvalue weighted by Gasteiger charge is 2.31. The van der Waals surface area contributed by atoms with Crippen molar-refractivity contribution in [2.24, 2.45) is 0 Å². The number of amides is 1. The van der Waals surface area contributed by atoms with E-state index in [0.29, 0.717) is 22.9 Å². The van der Waals surface area contributed by atoms with Crippen LogP contribution in [-0.2, 0) is 21.2 Å². The molecule has 1 aromatic heterocycles. The second-order valence-corrected chi connectivity index (χ2v) is 10.3. The lowest BCUT2D eigenvalue weighted by molar-refractivity contribution is -0.131. The van der Waals surface area contributed by atoms with E-state index in [0.717, 1.165) is 3.79 Å². The van der Waals surface area contributed by atoms with Crippen molar-refractivity contribution in [3.8, 4) is 0 Å². The third kappa shape index (κ3) is 4.28. The number of hydrogen-bond acceptors (Lipinski definition) is 4. The van der Waals surface area contributed by atoms with Crippen molar-refractivity contribution < 1.29 is 17.6 Å². The second kappa shape index (κ2) is 7.53. The summed E-state index contributed by atoms with van der Waals surface area (Å²) in [6.45, 7) is 1.18. The number of nitrogens with zero attached hydrogens (tertiary/aromatic N) is 2. The summed E-state index contributed by atoms with van der Waals surface area (Å²) in [5.41, 5.74) is 0.614. The Morgan fingerprint density at radius 2 is 1.88 bits per heavy atom. The van der Waals surface area contributed by atoms with Crippen molar-refractivity contribution in [1.29, 1.82) is 0 Å². The number of rotatable bonds is 4. The number of benzene rings is 1. The minimum absolute atomic E-state index is 0.113. The van der Waals surface area contributed by atoms with Crippen LogP contribution in [0.3, 0.4) is 0 Å². The Hall–Kier alpha value is -1.29. The second-order valence-electron chi connectivity index (χ2n) is 5.65. The van der Waals surface area contributed by atoms with Crippen LogP contribution in [0.1, 0.15) is 5.56 Å². The van der Waals surface area contributed by atoms with E-state index >= 15 is 0 Å². The third-order valence-electron chi connectivity index (χ3n) is 3.98. The number of hydrogen-bond donors (Lipinski definition) is 0. The fourth-order valence-corrected chi connectivity index (χ4v) is 6.26. The molecule has 2 aromatic rings. The lowest BCUT2D eigenvalue weighted by atomic mass is 10.1. The van der Waals surface area contributed by atoms with Crippen LogP contribution in [0.25, 0.3) is 0 Å². The minimum Gasteiger partial charge on any atom is -0.340 e. The number of sulfonamides is 1. The topological polar surface area (TPSA) is 57.7 Å². The molecular weight excluding hydrogens is 431 g/mol. The average molecular weight is 447 g/mol. The molecule has 1 aromatic carbocycles. The van der Waals surface area contributed by atoms with Gasteiger partial charge < -0.3 is 4.90 Å². The Bertz CT molecular complexity index is 877. The third-order valence-corrected chi connectivity index (χ3v) is 7.97. The molecular formula is C16H16BrFN2O3S2. The summed E-state index contributed by atoms with van der Waals surface area (Å²) in [5, 5.41) is 0. The predicted molar refractivity (Wildman–Crippen MR) is 97.5 cm³/mol. The molecule has 0 unspecified atom stereocenters. The summed E-state index contributed by atoms with van der Waals surface area (Å²) in [6, 6.07) is 9.23. The van der Waals surface area contributed by atoms with Gasteiger partial charge in [-0.2, -0.15) is 4.31 Å². The van der Waals surface area contributed by atoms with Gasteiger partial charge in [0.1, 0.15) is 10.0 Å². The monoisotopic (exact) mass is 446 g/mol. The Kier molecular flexibility index (Phi) is 5.57. The van der Waals surface area contributed by atoms with Crippen molar-refractivity contribution >= 4 is 43.2 Å². The fourth-order valence-electron chi connectivity index (χ4n) is 2.67. The standard InChI is InChI=1S/C16H16BrFN2O3S2/c17-14-4-5-16(24-14)25(22,23)20-8-6-19(7-9-20)15(21)11-12-2-1-3-13(18)10-12/h1-5,10H,6-9,11H2. The zero-order chi connectivity index (χ0) is 18.0. The first-order valence-electron chi connectivity index (χ1n) is 7.64. The first-order chi connectivity index (χ1) is 11.9. The molecule has 0 bridgehead atoms. The van der Waals surface area contributed by atoms with E-state index in [4.69, 9.17) is 0 Å². The normalized spacial score (nSPS) is 16.2. The molecule has 0 atom stereocenters. The van der Waals surface area contributed by atoms with Crippen molar-refractivity contribution in [3.63, 3.8) is 0 Å². The van der Waals surface area contributed by atoms with E-state index in [9.17, 15) is 17.6 Å². The van der Waals surface area contributed by atoms with Crippen molar-refractivity contribution in [2.45, 2.75) is 10.6 Å². The molecule has 0 aliphatic carbocycles. The maximum absolute atomic E-state index is 13.2. The molecule has 1 aliphatic rings. The summed E-state index contributed by atoms with van der Waals surface area (Å²) in [6.07, 6.45) is 0.113. The average Bonchev–Trinajstić information content (AvgIpc) is 3.02. The molecule has 1 amide bonds. The highest BCUT2D eigenvalue weighted by Crippen LogP contribution is 2.29. The van der Waals surface area contributed by atoms with Crippen molar-refractivity contribution in [1.82, 2.24) is 9.21 Å². The van der Waals surface area contributed by atoms with Gasteiger partial charge in [-0.15, -0.1) is 11.3 Å². The summed E-state index contributed by atoms with van der Waals surface area (Å²) >= 11 is 4.44. The Morgan fingerprint density at radius 3 is 2.48 bits per heavy atom. The van der Waals surface area contributed by atoms with Crippen LogP contribution in [0.15, 0.2) is 44.4 Å². The lowest BCUT2D eigenvalue weighted by Gasteiger charge is -2.33. The van der Waals surface area contributed by atoms with Crippen LogP contribution in [0, 0.1) is 5.82 Å². The quantitative estimate of drug-likeness (QED) is 0.725. The molecule has 25 heavy (non-hydrogen) atoms. The van der Waals surface area contributed by atoms with Crippen LogP contribution in [-0.4, -0.2) is 49.7 Å². The van der Waals surface area contributed by atoms with Crippen molar-refractivity contribution in [2.75, 3.05) is 26.2 Å². The molecule has 0 saturated carbocycles. The van der Waals surface area contributed by atoms with Crippen LogP contribution in [0.4, 0.5) is 4.39 Å². The SMILES string of the molecule is O=C(Cc1cccc(F)c1)N1CCN(S(=O)(=O)c2ccc(Br)s2)CC1. The Morgan fingerprint density at radius 1 is 1.16 bits per heavy atom. The number of piperazine rings is 1. The van der Waals surface area contributed by atoms with Gasteiger partial charge in [-0.25, -0.2) is 12.8 Å². The molecule has 1 saturated heterocycles. The van der Waals surface area contributed by atoms with E-state index in [1.807, 2.05) is 0 Å². The Balaban J connectivity index is 1.61. The van der Waals surface area contributed by atoms with Gasteiger partial charge in [-0.1, -0.05) is 12.1 Å². The molecule has 5 nitrogen and oxygen atoms in total. The van der Waals surface area contributed by atoms with E-state index in [2.05, 4.69) is 15.9 Å². The molecule has 2 heterocycles. The molecule has 1 fully saturated rings. The van der Waals surface area contributed by atoms with Crippen LogP contribution in [0.5, 0.6) is 0 Å². The summed E-state index contributed by atoms with van der Waals surface area (Å²) in [5.74, 6) is -0.496. The summed E-state index contributed by atoms with van der Waals surface area (Å²) in [7, 11) is -3.52. The maximum Gasteiger partial charge on any atom is 0.252 e. The summed E-state index contributed by atoms with van der Waals surface area (Å²) < 4.78 is 40.8. The van der Waals surface area contributed by atoms with E-state index < -0.39 is 10.0 Å². The molecule has 1 aliphatic heterocycles. The van der Waals surface area contributed by atoms with E-state index in [-0.39, 0.29) is 31.2 Å². The van der Waals surface area contributed by atoms with Gasteiger partial charge in [-0.05, 0) is 45.8 Å². The van der Waals surface area contributed by atoms with Crippen LogP contribution < -0.4 is 0 Å². The zero-order valence-electron chi connectivity index (χ0n) is 13.2. The molecule has 0 radical (unpaired) electrons. The van der Waals surface area contributed by atoms with Gasteiger partial charge in [0.2, 0.25) is 5.91 Å². The van der Waals surface area contributed by atoms with E-state index in [1.54, 1.807) is 29.2 Å². The van der Waals surface area contributed by atoms with Gasteiger partial charge in [0.25, 0.3) is 10.0 Å². The largest absolute Gasteiger partial charge is 0.340 e. The predicted octanol–water partition coefficient (Wildman–Crippen LogP) is 2.73. The number of carbonyl (C=O) groups is 1. The van der Waals surface area contributed by atoms with Gasteiger partial charge in [-0.3, -0.25) is 4.79 Å². The first kappa shape index (κ1) is 18.5. The van der Waals surface area contributed by atoms with Gasteiger partial charge in [0, 0.05) is 26.2 Å². The smallest absolute Gasteiger partial charge is 0.252 e. The minimum atomic E-state index is -3.52. The summed E-state index contributed by atoms with van der Waals surface area (Å²) in [4.78, 5) is 14.0. The highest BCUT2D eigenvalue weighted by molar-refractivity contribution is 9.11. The molecule has 9 heteroatoms. The van der Waals surface area contributed by atoms with Gasteiger partial charge in [0.15, 0.2) is 0 Å². The number of thiophene rings is 1. The fraction of sp³-hybridized carbons (Fsp3) is 0.312. The van der Waals surface area contributed by atoms with Gasteiger partial charge >= 0.3 is 0 Å². The Labute approximate surface area is 158 Å². The van der Waals surface area contributed by atoms with E-state index in [1.165, 1.54) is 27.8 Å².